The molecule has 1 heterocycles. The summed E-state index contributed by atoms with van der Waals surface area (Å²) in [4.78, 5) is 11.4. The van der Waals surface area contributed by atoms with Crippen molar-refractivity contribution in [3.05, 3.63) is 34.9 Å². The Hall–Kier alpha value is -1.35. The van der Waals surface area contributed by atoms with Crippen molar-refractivity contribution in [3.63, 3.8) is 0 Å². The van der Waals surface area contributed by atoms with Crippen LogP contribution in [0.3, 0.4) is 0 Å². The number of amides is 1. The molecule has 0 saturated heterocycles. The van der Waals surface area contributed by atoms with Gasteiger partial charge >= 0.3 is 0 Å². The number of hydrogen-bond acceptors (Lipinski definition) is 2. The second kappa shape index (κ2) is 3.42. The van der Waals surface area contributed by atoms with Gasteiger partial charge < -0.3 is 10.6 Å². The molecule has 1 atom stereocenters. The van der Waals surface area contributed by atoms with Crippen molar-refractivity contribution in [2.24, 2.45) is 0 Å². The van der Waals surface area contributed by atoms with Crippen LogP contribution in [-0.2, 0) is 6.54 Å². The van der Waals surface area contributed by atoms with E-state index in [0.29, 0.717) is 6.54 Å². The van der Waals surface area contributed by atoms with Crippen LogP contribution < -0.4 is 10.6 Å². The lowest BCUT2D eigenvalue weighted by atomic mass is 9.98. The summed E-state index contributed by atoms with van der Waals surface area (Å²) < 4.78 is 0. The highest BCUT2D eigenvalue weighted by Gasteiger charge is 2.22. The predicted molar refractivity (Wildman–Crippen MR) is 55.1 cm³/mol. The SMILES string of the molecule is CNC(C)c1cccc2c1CNC2=O. The molecule has 0 saturated carbocycles. The molecule has 74 valence electrons. The first-order chi connectivity index (χ1) is 6.74. The molecule has 1 aromatic carbocycles. The molecule has 0 aromatic heterocycles. The van der Waals surface area contributed by atoms with Gasteiger partial charge in [-0.15, -0.1) is 0 Å². The summed E-state index contributed by atoms with van der Waals surface area (Å²) in [5.41, 5.74) is 3.17. The van der Waals surface area contributed by atoms with Crippen molar-refractivity contribution in [2.45, 2.75) is 19.5 Å². The fraction of sp³-hybridized carbons (Fsp3) is 0.364. The molecule has 14 heavy (non-hydrogen) atoms. The number of rotatable bonds is 2. The minimum atomic E-state index is 0.0464. The van der Waals surface area contributed by atoms with Crippen molar-refractivity contribution in [1.82, 2.24) is 10.6 Å². The first-order valence-electron chi connectivity index (χ1n) is 4.81. The van der Waals surface area contributed by atoms with Crippen LogP contribution in [0.4, 0.5) is 0 Å². The third-order valence-electron chi connectivity index (χ3n) is 2.78. The van der Waals surface area contributed by atoms with Crippen LogP contribution in [0.25, 0.3) is 0 Å². The average Bonchev–Trinajstić information content (AvgIpc) is 2.59. The zero-order valence-corrected chi connectivity index (χ0v) is 8.42. The van der Waals surface area contributed by atoms with Crippen molar-refractivity contribution >= 4 is 5.91 Å². The van der Waals surface area contributed by atoms with E-state index in [1.54, 1.807) is 0 Å². The van der Waals surface area contributed by atoms with Gasteiger partial charge in [-0.2, -0.15) is 0 Å². The van der Waals surface area contributed by atoms with Crippen molar-refractivity contribution in [3.8, 4) is 0 Å². The van der Waals surface area contributed by atoms with Gasteiger partial charge in [0, 0.05) is 18.2 Å². The maximum atomic E-state index is 11.4. The van der Waals surface area contributed by atoms with E-state index in [-0.39, 0.29) is 11.9 Å². The second-order valence-electron chi connectivity index (χ2n) is 3.57. The van der Waals surface area contributed by atoms with Gasteiger partial charge in [-0.05, 0) is 31.2 Å². The van der Waals surface area contributed by atoms with E-state index < -0.39 is 0 Å². The first kappa shape index (κ1) is 9.21. The van der Waals surface area contributed by atoms with Crippen molar-refractivity contribution in [1.29, 1.82) is 0 Å². The molecule has 2 rings (SSSR count). The number of hydrogen-bond donors (Lipinski definition) is 2. The van der Waals surface area contributed by atoms with E-state index >= 15 is 0 Å². The Labute approximate surface area is 83.5 Å². The van der Waals surface area contributed by atoms with Crippen LogP contribution in [0.5, 0.6) is 0 Å². The van der Waals surface area contributed by atoms with Gasteiger partial charge in [0.1, 0.15) is 0 Å². The molecule has 1 aromatic rings. The van der Waals surface area contributed by atoms with E-state index in [9.17, 15) is 4.79 Å². The summed E-state index contributed by atoms with van der Waals surface area (Å²) in [6.07, 6.45) is 0. The van der Waals surface area contributed by atoms with E-state index in [2.05, 4.69) is 23.6 Å². The van der Waals surface area contributed by atoms with Crippen LogP contribution in [0.1, 0.15) is 34.5 Å². The molecule has 3 nitrogen and oxygen atoms in total. The molecular weight excluding hydrogens is 176 g/mol. The van der Waals surface area contributed by atoms with E-state index in [1.807, 2.05) is 19.2 Å². The molecule has 0 fully saturated rings. The maximum Gasteiger partial charge on any atom is 0.251 e. The fourth-order valence-electron chi connectivity index (χ4n) is 1.84. The lowest BCUT2D eigenvalue weighted by Gasteiger charge is -2.13. The quantitative estimate of drug-likeness (QED) is 0.736. The minimum Gasteiger partial charge on any atom is -0.348 e. The maximum absolute atomic E-state index is 11.4. The molecule has 0 radical (unpaired) electrons. The number of carbonyl (C=O) groups is 1. The van der Waals surface area contributed by atoms with Gasteiger partial charge in [0.05, 0.1) is 0 Å². The zero-order valence-electron chi connectivity index (χ0n) is 8.42. The van der Waals surface area contributed by atoms with Crippen LogP contribution in [-0.4, -0.2) is 13.0 Å². The van der Waals surface area contributed by atoms with E-state index in [4.69, 9.17) is 0 Å². The Morgan fingerprint density at radius 1 is 1.50 bits per heavy atom. The molecule has 0 bridgehead atoms. The second-order valence-corrected chi connectivity index (χ2v) is 3.57. The Morgan fingerprint density at radius 2 is 2.29 bits per heavy atom. The number of benzene rings is 1. The summed E-state index contributed by atoms with van der Waals surface area (Å²) in [6, 6.07) is 6.18. The Bertz CT molecular complexity index is 374. The molecule has 1 unspecified atom stereocenters. The topological polar surface area (TPSA) is 41.1 Å². The smallest absolute Gasteiger partial charge is 0.251 e. The molecule has 1 aliphatic rings. The Balaban J connectivity index is 2.49. The predicted octanol–water partition coefficient (Wildman–Crippen LogP) is 1.21. The van der Waals surface area contributed by atoms with Crippen molar-refractivity contribution < 1.29 is 4.79 Å². The first-order valence-corrected chi connectivity index (χ1v) is 4.81. The van der Waals surface area contributed by atoms with Crippen LogP contribution in [0, 0.1) is 0 Å². The molecule has 3 heteroatoms. The van der Waals surface area contributed by atoms with E-state index in [1.165, 1.54) is 5.56 Å². The van der Waals surface area contributed by atoms with Gasteiger partial charge in [0.2, 0.25) is 0 Å². The minimum absolute atomic E-state index is 0.0464. The highest BCUT2D eigenvalue weighted by molar-refractivity contribution is 5.98. The van der Waals surface area contributed by atoms with Crippen LogP contribution in [0.2, 0.25) is 0 Å². The normalized spacial score (nSPS) is 16.3. The Kier molecular flexibility index (Phi) is 2.25. The summed E-state index contributed by atoms with van der Waals surface area (Å²) in [7, 11) is 1.92. The molecule has 1 aliphatic heterocycles. The molecule has 0 aliphatic carbocycles. The third-order valence-corrected chi connectivity index (χ3v) is 2.78. The largest absolute Gasteiger partial charge is 0.348 e. The lowest BCUT2D eigenvalue weighted by Crippen LogP contribution is -2.14. The van der Waals surface area contributed by atoms with Gasteiger partial charge in [-0.25, -0.2) is 0 Å². The summed E-state index contributed by atoms with van der Waals surface area (Å²) in [6.45, 7) is 2.76. The molecule has 2 N–H and O–H groups in total. The molecule has 0 spiro atoms. The van der Waals surface area contributed by atoms with Gasteiger partial charge in [0.25, 0.3) is 5.91 Å². The lowest BCUT2D eigenvalue weighted by molar-refractivity contribution is 0.0966. The van der Waals surface area contributed by atoms with Gasteiger partial charge in [0.15, 0.2) is 0 Å². The third kappa shape index (κ3) is 1.30. The standard InChI is InChI=1S/C11H14N2O/c1-7(12-2)8-4-3-5-9-10(8)6-13-11(9)14/h3-5,7,12H,6H2,1-2H3,(H,13,14). The summed E-state index contributed by atoms with van der Waals surface area (Å²) >= 11 is 0. The molecular formula is C11H14N2O. The zero-order chi connectivity index (χ0) is 10.1. The van der Waals surface area contributed by atoms with Crippen LogP contribution >= 0.6 is 0 Å². The van der Waals surface area contributed by atoms with Crippen molar-refractivity contribution in [2.75, 3.05) is 7.05 Å². The Morgan fingerprint density at radius 3 is 3.00 bits per heavy atom. The van der Waals surface area contributed by atoms with Crippen LogP contribution in [0.15, 0.2) is 18.2 Å². The number of fused-ring (bicyclic) bond motifs is 1. The summed E-state index contributed by atoms with van der Waals surface area (Å²) in [5.74, 6) is 0.0464. The highest BCUT2D eigenvalue weighted by Crippen LogP contribution is 2.24. The molecule has 1 amide bonds. The van der Waals surface area contributed by atoms with Gasteiger partial charge in [-0.1, -0.05) is 12.1 Å². The van der Waals surface area contributed by atoms with Gasteiger partial charge in [-0.3, -0.25) is 4.79 Å². The number of carbonyl (C=O) groups excluding carboxylic acids is 1. The average molecular weight is 190 g/mol. The van der Waals surface area contributed by atoms with E-state index in [0.717, 1.165) is 11.1 Å². The fourth-order valence-corrected chi connectivity index (χ4v) is 1.84. The monoisotopic (exact) mass is 190 g/mol. The summed E-state index contributed by atoms with van der Waals surface area (Å²) in [5, 5.41) is 6.02. The number of nitrogens with one attached hydrogen (secondary N) is 2. The highest BCUT2D eigenvalue weighted by atomic mass is 16.1.